The van der Waals surface area contributed by atoms with E-state index in [1.807, 2.05) is 37.4 Å². The van der Waals surface area contributed by atoms with Crippen LogP contribution in [0.5, 0.6) is 0 Å². The van der Waals surface area contributed by atoms with Crippen molar-refractivity contribution in [2.45, 2.75) is 25.8 Å². The van der Waals surface area contributed by atoms with Crippen LogP contribution >= 0.6 is 0 Å². The molecule has 1 saturated heterocycles. The lowest BCUT2D eigenvalue weighted by Crippen LogP contribution is -2.33. The van der Waals surface area contributed by atoms with E-state index in [9.17, 15) is 8.42 Å². The molecule has 4 rings (SSSR count). The second-order valence-corrected chi connectivity index (χ2v) is 10.2. The standard InChI is InChI=1S/C22H26N2O2S/c1-22(2)19(16-10-6-5-7-11-16)15-24(27(4,25)26)21(22)18-14-23(3)20-13-9-8-12-17(18)20/h5-14,19,21H,15H2,1-4H3/t19-,21-/m1/s1. The Kier molecular flexibility index (Phi) is 4.20. The minimum atomic E-state index is -3.35. The minimum Gasteiger partial charge on any atom is -0.350 e. The van der Waals surface area contributed by atoms with Gasteiger partial charge in [-0.05, 0) is 22.6 Å². The van der Waals surface area contributed by atoms with Crippen LogP contribution in [0.2, 0.25) is 0 Å². The van der Waals surface area contributed by atoms with Gasteiger partial charge in [0, 0.05) is 36.6 Å². The summed E-state index contributed by atoms with van der Waals surface area (Å²) in [5.74, 6) is 0.136. The molecule has 1 fully saturated rings. The van der Waals surface area contributed by atoms with E-state index in [1.54, 1.807) is 4.31 Å². The van der Waals surface area contributed by atoms with Gasteiger partial charge in [0.25, 0.3) is 0 Å². The van der Waals surface area contributed by atoms with Crippen LogP contribution in [-0.4, -0.2) is 30.1 Å². The maximum absolute atomic E-state index is 12.7. The first-order chi connectivity index (χ1) is 12.7. The molecule has 0 spiro atoms. The average Bonchev–Trinajstić information content (AvgIpc) is 3.09. The number of rotatable bonds is 3. The first kappa shape index (κ1) is 18.3. The summed E-state index contributed by atoms with van der Waals surface area (Å²) in [4.78, 5) is 0. The van der Waals surface area contributed by atoms with Crippen LogP contribution in [0.3, 0.4) is 0 Å². The molecule has 3 aromatic rings. The van der Waals surface area contributed by atoms with Crippen molar-refractivity contribution in [3.8, 4) is 0 Å². The summed E-state index contributed by atoms with van der Waals surface area (Å²) in [5.41, 5.74) is 3.16. The predicted octanol–water partition coefficient (Wildman–Crippen LogP) is 4.30. The number of hydrogen-bond donors (Lipinski definition) is 0. The lowest BCUT2D eigenvalue weighted by molar-refractivity contribution is 0.247. The largest absolute Gasteiger partial charge is 0.350 e. The van der Waals surface area contributed by atoms with E-state index in [1.165, 1.54) is 11.8 Å². The molecule has 5 heteroatoms. The van der Waals surface area contributed by atoms with Crippen LogP contribution in [0.15, 0.2) is 60.8 Å². The Morgan fingerprint density at radius 3 is 2.30 bits per heavy atom. The van der Waals surface area contributed by atoms with Gasteiger partial charge in [0.1, 0.15) is 0 Å². The van der Waals surface area contributed by atoms with E-state index in [2.05, 4.69) is 48.9 Å². The monoisotopic (exact) mass is 382 g/mol. The molecular weight excluding hydrogens is 356 g/mol. The van der Waals surface area contributed by atoms with Crippen molar-refractivity contribution in [3.63, 3.8) is 0 Å². The van der Waals surface area contributed by atoms with Crippen molar-refractivity contribution in [2.75, 3.05) is 12.8 Å². The van der Waals surface area contributed by atoms with Crippen LogP contribution in [0.1, 0.15) is 36.9 Å². The Labute approximate surface area is 161 Å². The molecule has 2 heterocycles. The summed E-state index contributed by atoms with van der Waals surface area (Å²) in [6, 6.07) is 18.3. The first-order valence-corrected chi connectivity index (χ1v) is 11.1. The number of benzene rings is 2. The molecule has 27 heavy (non-hydrogen) atoms. The van der Waals surface area contributed by atoms with Gasteiger partial charge >= 0.3 is 0 Å². The van der Waals surface area contributed by atoms with Gasteiger partial charge < -0.3 is 4.57 Å². The van der Waals surface area contributed by atoms with E-state index >= 15 is 0 Å². The van der Waals surface area contributed by atoms with Crippen LogP contribution in [0.4, 0.5) is 0 Å². The van der Waals surface area contributed by atoms with E-state index in [0.29, 0.717) is 6.54 Å². The molecule has 1 aliphatic rings. The Balaban J connectivity index is 1.93. The lowest BCUT2D eigenvalue weighted by atomic mass is 9.71. The van der Waals surface area contributed by atoms with Gasteiger partial charge in [-0.25, -0.2) is 8.42 Å². The molecule has 142 valence electrons. The predicted molar refractivity (Wildman–Crippen MR) is 110 cm³/mol. The van der Waals surface area contributed by atoms with E-state index in [0.717, 1.165) is 16.5 Å². The summed E-state index contributed by atoms with van der Waals surface area (Å²) >= 11 is 0. The SMILES string of the molecule is Cn1cc([C@H]2N(S(C)(=O)=O)C[C@H](c3ccccc3)C2(C)C)c2ccccc21. The molecule has 4 nitrogen and oxygen atoms in total. The van der Waals surface area contributed by atoms with Gasteiger partial charge in [-0.15, -0.1) is 0 Å². The van der Waals surface area contributed by atoms with Gasteiger partial charge in [0.15, 0.2) is 0 Å². The summed E-state index contributed by atoms with van der Waals surface area (Å²) < 4.78 is 29.3. The number of fused-ring (bicyclic) bond motifs is 1. The number of para-hydroxylation sites is 1. The van der Waals surface area contributed by atoms with Crippen LogP contribution < -0.4 is 0 Å². The molecule has 1 aliphatic heterocycles. The number of hydrogen-bond acceptors (Lipinski definition) is 2. The highest BCUT2D eigenvalue weighted by atomic mass is 32.2. The van der Waals surface area contributed by atoms with Gasteiger partial charge in [-0.2, -0.15) is 4.31 Å². The first-order valence-electron chi connectivity index (χ1n) is 9.27. The maximum atomic E-state index is 12.7. The number of aromatic nitrogens is 1. The third-order valence-electron chi connectivity index (χ3n) is 6.10. The Morgan fingerprint density at radius 1 is 1.00 bits per heavy atom. The van der Waals surface area contributed by atoms with Crippen LogP contribution in [-0.2, 0) is 17.1 Å². The van der Waals surface area contributed by atoms with Crippen LogP contribution in [0, 0.1) is 5.41 Å². The fourth-order valence-corrected chi connectivity index (χ4v) is 5.96. The molecule has 0 amide bonds. The van der Waals surface area contributed by atoms with Gasteiger partial charge in [-0.1, -0.05) is 62.4 Å². The molecule has 0 unspecified atom stereocenters. The number of sulfonamides is 1. The molecule has 0 aliphatic carbocycles. The van der Waals surface area contributed by atoms with Crippen molar-refractivity contribution in [1.29, 1.82) is 0 Å². The quantitative estimate of drug-likeness (QED) is 0.678. The smallest absolute Gasteiger partial charge is 0.211 e. The summed E-state index contributed by atoms with van der Waals surface area (Å²) in [5, 5.41) is 1.13. The molecule has 0 saturated carbocycles. The topological polar surface area (TPSA) is 42.3 Å². The highest BCUT2D eigenvalue weighted by Crippen LogP contribution is 2.56. The van der Waals surface area contributed by atoms with Crippen LogP contribution in [0.25, 0.3) is 10.9 Å². The maximum Gasteiger partial charge on any atom is 0.211 e. The fraction of sp³-hybridized carbons (Fsp3) is 0.364. The summed E-state index contributed by atoms with van der Waals surface area (Å²) in [6.07, 6.45) is 3.43. The van der Waals surface area contributed by atoms with Crippen molar-refractivity contribution >= 4 is 20.9 Å². The van der Waals surface area contributed by atoms with Crippen molar-refractivity contribution < 1.29 is 8.42 Å². The fourth-order valence-electron chi connectivity index (χ4n) is 4.78. The zero-order chi connectivity index (χ0) is 19.4. The third-order valence-corrected chi connectivity index (χ3v) is 7.32. The third kappa shape index (κ3) is 2.89. The van der Waals surface area contributed by atoms with Crippen molar-refractivity contribution in [1.82, 2.24) is 8.87 Å². The van der Waals surface area contributed by atoms with E-state index in [-0.39, 0.29) is 17.4 Å². The zero-order valence-electron chi connectivity index (χ0n) is 16.3. The van der Waals surface area contributed by atoms with Crippen molar-refractivity contribution in [2.24, 2.45) is 12.5 Å². The molecule has 2 aromatic carbocycles. The molecular formula is C22H26N2O2S. The Morgan fingerprint density at radius 2 is 1.63 bits per heavy atom. The average molecular weight is 383 g/mol. The van der Waals surface area contributed by atoms with E-state index in [4.69, 9.17) is 0 Å². The molecule has 1 aromatic heterocycles. The van der Waals surface area contributed by atoms with Gasteiger partial charge in [0.05, 0.1) is 12.3 Å². The normalized spacial score (nSPS) is 23.1. The Hall–Kier alpha value is -2.11. The zero-order valence-corrected chi connectivity index (χ0v) is 17.1. The number of nitrogens with zero attached hydrogens (tertiary/aromatic N) is 2. The Bertz CT molecular complexity index is 1080. The molecule has 0 N–H and O–H groups in total. The van der Waals surface area contributed by atoms with E-state index < -0.39 is 10.0 Å². The highest BCUT2D eigenvalue weighted by Gasteiger charge is 2.52. The molecule has 0 radical (unpaired) electrons. The van der Waals surface area contributed by atoms with Gasteiger partial charge in [-0.3, -0.25) is 0 Å². The second kappa shape index (κ2) is 6.21. The highest BCUT2D eigenvalue weighted by molar-refractivity contribution is 7.88. The van der Waals surface area contributed by atoms with Crippen molar-refractivity contribution in [3.05, 3.63) is 71.9 Å². The molecule has 2 atom stereocenters. The van der Waals surface area contributed by atoms with Gasteiger partial charge in [0.2, 0.25) is 10.0 Å². The summed E-state index contributed by atoms with van der Waals surface area (Å²) in [6.45, 7) is 4.90. The lowest BCUT2D eigenvalue weighted by Gasteiger charge is -2.34. The summed E-state index contributed by atoms with van der Waals surface area (Å²) in [7, 11) is -1.33. The second-order valence-electron chi connectivity index (χ2n) is 8.23. The molecule has 0 bridgehead atoms. The number of aryl methyl sites for hydroxylation is 1. The minimum absolute atomic E-state index is 0.136.